The summed E-state index contributed by atoms with van der Waals surface area (Å²) in [6.45, 7) is 1.48. The molecular weight excluding hydrogens is 660 g/mol. The summed E-state index contributed by atoms with van der Waals surface area (Å²) in [4.78, 5) is 30.9. The standard InChI is InChI=1S/C34H23Cl2F3N2O4S/c1-2-44-32(43)28-29(21-10-13-22(35)14-11-21)41-31(42)27(46-33(41)40-30(28)34(37,38)39)17-25-24-9-4-3-7-20(24)12-15-26(25)45-18-19-6-5-8-23(36)16-19/h3-17,29H,2,18H2,1H3/b27-17-/t29-/m0/s1. The van der Waals surface area contributed by atoms with E-state index in [0.717, 1.165) is 32.2 Å². The van der Waals surface area contributed by atoms with Crippen molar-refractivity contribution >= 4 is 57.4 Å². The van der Waals surface area contributed by atoms with Crippen LogP contribution in [0, 0.1) is 0 Å². The first-order valence-corrected chi connectivity index (χ1v) is 15.6. The summed E-state index contributed by atoms with van der Waals surface area (Å²) in [6.07, 6.45) is -3.43. The number of esters is 1. The Morgan fingerprint density at radius 2 is 1.76 bits per heavy atom. The Morgan fingerprint density at radius 3 is 2.48 bits per heavy atom. The van der Waals surface area contributed by atoms with Crippen molar-refractivity contribution in [3.63, 3.8) is 0 Å². The van der Waals surface area contributed by atoms with Crippen LogP contribution in [0.3, 0.4) is 0 Å². The first-order valence-electron chi connectivity index (χ1n) is 14.0. The van der Waals surface area contributed by atoms with Gasteiger partial charge in [-0.3, -0.25) is 9.36 Å². The van der Waals surface area contributed by atoms with Crippen molar-refractivity contribution in [3.8, 4) is 5.75 Å². The van der Waals surface area contributed by atoms with Crippen LogP contribution in [0.5, 0.6) is 5.75 Å². The Bertz CT molecular complexity index is 2190. The number of fused-ring (bicyclic) bond motifs is 2. The number of rotatable bonds is 7. The summed E-state index contributed by atoms with van der Waals surface area (Å²) in [7, 11) is 0. The third-order valence-electron chi connectivity index (χ3n) is 7.27. The largest absolute Gasteiger partial charge is 0.488 e. The van der Waals surface area contributed by atoms with Crippen molar-refractivity contribution < 1.29 is 27.4 Å². The molecule has 6 rings (SSSR count). The van der Waals surface area contributed by atoms with E-state index in [9.17, 15) is 22.8 Å². The Hall–Kier alpha value is -4.38. The number of carbonyl (C=O) groups is 1. The van der Waals surface area contributed by atoms with Crippen molar-refractivity contribution in [1.29, 1.82) is 0 Å². The lowest BCUT2D eigenvalue weighted by atomic mass is 9.95. The molecular formula is C34H23Cl2F3N2O4S. The van der Waals surface area contributed by atoms with E-state index < -0.39 is 35.0 Å². The molecule has 46 heavy (non-hydrogen) atoms. The zero-order valence-corrected chi connectivity index (χ0v) is 26.3. The van der Waals surface area contributed by atoms with Gasteiger partial charge in [0, 0.05) is 15.6 Å². The molecule has 6 nitrogen and oxygen atoms in total. The van der Waals surface area contributed by atoms with Crippen LogP contribution in [-0.4, -0.2) is 23.3 Å². The topological polar surface area (TPSA) is 69.9 Å². The fourth-order valence-corrected chi connectivity index (χ4v) is 6.59. The fourth-order valence-electron chi connectivity index (χ4n) is 5.27. The highest BCUT2D eigenvalue weighted by Crippen LogP contribution is 2.38. The molecule has 0 saturated heterocycles. The van der Waals surface area contributed by atoms with Crippen LogP contribution in [0.2, 0.25) is 10.0 Å². The number of nitrogens with zero attached hydrogens (tertiary/aromatic N) is 2. The van der Waals surface area contributed by atoms with Gasteiger partial charge in [0.25, 0.3) is 5.56 Å². The van der Waals surface area contributed by atoms with E-state index in [0.29, 0.717) is 21.4 Å². The summed E-state index contributed by atoms with van der Waals surface area (Å²) in [5, 5.41) is 2.50. The molecule has 2 heterocycles. The summed E-state index contributed by atoms with van der Waals surface area (Å²) in [6, 6.07) is 22.7. The van der Waals surface area contributed by atoms with E-state index in [1.807, 2.05) is 36.4 Å². The summed E-state index contributed by atoms with van der Waals surface area (Å²) in [5.74, 6) is -0.777. The third kappa shape index (κ3) is 6.20. The molecule has 0 fully saturated rings. The molecule has 1 aliphatic heterocycles. The average Bonchev–Trinajstić information content (AvgIpc) is 3.34. The number of alkyl halides is 3. The summed E-state index contributed by atoms with van der Waals surface area (Å²) >= 11 is 13.0. The number of hydrogen-bond acceptors (Lipinski definition) is 6. The second-order valence-electron chi connectivity index (χ2n) is 10.2. The molecule has 0 spiro atoms. The van der Waals surface area contributed by atoms with E-state index in [1.165, 1.54) is 31.2 Å². The van der Waals surface area contributed by atoms with Crippen LogP contribution in [0.4, 0.5) is 13.2 Å². The minimum Gasteiger partial charge on any atom is -0.488 e. The highest BCUT2D eigenvalue weighted by atomic mass is 35.5. The van der Waals surface area contributed by atoms with Gasteiger partial charge in [-0.2, -0.15) is 13.2 Å². The highest BCUT2D eigenvalue weighted by Gasteiger charge is 2.45. The molecule has 1 aromatic heterocycles. The molecule has 12 heteroatoms. The number of halogens is 5. The van der Waals surface area contributed by atoms with Crippen LogP contribution in [-0.2, 0) is 16.1 Å². The second-order valence-corrected chi connectivity index (χ2v) is 12.1. The minimum atomic E-state index is -5.01. The van der Waals surface area contributed by atoms with Crippen LogP contribution >= 0.6 is 34.5 Å². The van der Waals surface area contributed by atoms with Gasteiger partial charge in [0.15, 0.2) is 10.5 Å². The lowest BCUT2D eigenvalue weighted by Crippen LogP contribution is -2.41. The number of allylic oxidation sites excluding steroid dienone is 1. The summed E-state index contributed by atoms with van der Waals surface area (Å²) < 4.78 is 55.8. The van der Waals surface area contributed by atoms with Gasteiger partial charge in [-0.15, -0.1) is 0 Å². The molecule has 0 N–H and O–H groups in total. The molecule has 0 amide bonds. The van der Waals surface area contributed by atoms with Crippen molar-refractivity contribution in [2.75, 3.05) is 6.61 Å². The number of thiazole rings is 1. The lowest BCUT2D eigenvalue weighted by molar-refractivity contribution is -0.140. The monoisotopic (exact) mass is 682 g/mol. The first-order chi connectivity index (χ1) is 22.0. The van der Waals surface area contributed by atoms with Gasteiger partial charge in [0.1, 0.15) is 12.4 Å². The van der Waals surface area contributed by atoms with Crippen LogP contribution in [0.15, 0.2) is 106 Å². The Kier molecular flexibility index (Phi) is 8.78. The van der Waals surface area contributed by atoms with Crippen molar-refractivity contribution in [1.82, 2.24) is 4.57 Å². The van der Waals surface area contributed by atoms with Gasteiger partial charge in [0.05, 0.1) is 22.8 Å². The molecule has 0 radical (unpaired) electrons. The minimum absolute atomic E-state index is 0.0910. The molecule has 1 atom stereocenters. The lowest BCUT2D eigenvalue weighted by Gasteiger charge is -2.26. The number of benzene rings is 4. The quantitative estimate of drug-likeness (QED) is 0.168. The zero-order chi connectivity index (χ0) is 32.6. The average molecular weight is 684 g/mol. The maximum atomic E-state index is 14.5. The molecule has 0 unspecified atom stereocenters. The van der Waals surface area contributed by atoms with Crippen LogP contribution in [0.25, 0.3) is 16.8 Å². The Balaban J connectivity index is 1.58. The number of aromatic nitrogens is 1. The molecule has 0 bridgehead atoms. The Morgan fingerprint density at radius 1 is 1.00 bits per heavy atom. The van der Waals surface area contributed by atoms with E-state index in [-0.39, 0.29) is 28.1 Å². The van der Waals surface area contributed by atoms with Gasteiger partial charge in [-0.1, -0.05) is 89.1 Å². The molecule has 5 aromatic rings. The molecule has 234 valence electrons. The van der Waals surface area contributed by atoms with E-state index >= 15 is 0 Å². The van der Waals surface area contributed by atoms with Crippen LogP contribution < -0.4 is 19.6 Å². The van der Waals surface area contributed by atoms with Crippen molar-refractivity contribution in [2.45, 2.75) is 25.7 Å². The normalized spacial score (nSPS) is 15.1. The maximum absolute atomic E-state index is 14.5. The molecule has 0 aliphatic carbocycles. The number of ether oxygens (including phenoxy) is 2. The van der Waals surface area contributed by atoms with Gasteiger partial charge in [-0.05, 0) is 65.2 Å². The van der Waals surface area contributed by atoms with E-state index in [1.54, 1.807) is 30.3 Å². The second kappa shape index (κ2) is 12.8. The molecule has 1 aliphatic rings. The number of hydrogen-bond donors (Lipinski definition) is 0. The third-order valence-corrected chi connectivity index (χ3v) is 8.74. The highest BCUT2D eigenvalue weighted by molar-refractivity contribution is 7.07. The van der Waals surface area contributed by atoms with Crippen molar-refractivity contribution in [3.05, 3.63) is 143 Å². The first kappa shape index (κ1) is 31.6. The predicted octanol–water partition coefficient (Wildman–Crippen LogP) is 7.38. The maximum Gasteiger partial charge on any atom is 0.434 e. The van der Waals surface area contributed by atoms with Gasteiger partial charge >= 0.3 is 12.1 Å². The Labute approximate surface area is 274 Å². The van der Waals surface area contributed by atoms with Crippen molar-refractivity contribution in [2.24, 2.45) is 4.99 Å². The van der Waals surface area contributed by atoms with Gasteiger partial charge < -0.3 is 9.47 Å². The number of carbonyl (C=O) groups excluding carboxylic acids is 1. The van der Waals surface area contributed by atoms with Gasteiger partial charge in [-0.25, -0.2) is 9.79 Å². The zero-order valence-electron chi connectivity index (χ0n) is 24.0. The van der Waals surface area contributed by atoms with E-state index in [2.05, 4.69) is 4.99 Å². The van der Waals surface area contributed by atoms with Crippen LogP contribution in [0.1, 0.15) is 29.7 Å². The predicted molar refractivity (Wildman–Crippen MR) is 172 cm³/mol. The fraction of sp³-hybridized carbons (Fsp3) is 0.147. The molecule has 4 aromatic carbocycles. The van der Waals surface area contributed by atoms with Gasteiger partial charge in [0.2, 0.25) is 0 Å². The summed E-state index contributed by atoms with van der Waals surface area (Å²) in [5.41, 5.74) is -1.25. The molecule has 0 saturated carbocycles. The smallest absolute Gasteiger partial charge is 0.434 e. The SMILES string of the molecule is CCOC(=O)C1=C(C(F)(F)F)N=c2s/c(=C\c3c(OCc4cccc(Cl)c4)ccc4ccccc34)c(=O)n2[C@H]1c1ccc(Cl)cc1. The van der Waals surface area contributed by atoms with E-state index in [4.69, 9.17) is 32.7 Å².